The average Bonchev–Trinajstić information content (AvgIpc) is 3.11. The van der Waals surface area contributed by atoms with Crippen LogP contribution in [-0.4, -0.2) is 14.8 Å². The lowest BCUT2D eigenvalue weighted by Gasteiger charge is -2.16. The van der Waals surface area contributed by atoms with Crippen LogP contribution >= 0.6 is 23.4 Å². The minimum Gasteiger partial charge on any atom is -0.483 e. The second-order valence-electron chi connectivity index (χ2n) is 7.06. The van der Waals surface area contributed by atoms with E-state index in [-0.39, 0.29) is 11.9 Å². The summed E-state index contributed by atoms with van der Waals surface area (Å²) in [5.41, 5.74) is 1.74. The molecular formula is C22H25ClFN3OS. The number of nitrogens with zero attached hydrogens (tertiary/aromatic N) is 3. The lowest BCUT2D eigenvalue weighted by Crippen LogP contribution is -2.12. The first-order valence-corrected chi connectivity index (χ1v) is 11.0. The van der Waals surface area contributed by atoms with Crippen molar-refractivity contribution in [3.63, 3.8) is 0 Å². The molecule has 3 rings (SSSR count). The summed E-state index contributed by atoms with van der Waals surface area (Å²) in [4.78, 5) is 0. The summed E-state index contributed by atoms with van der Waals surface area (Å²) in [5, 5.41) is 9.75. The fourth-order valence-corrected chi connectivity index (χ4v) is 4.35. The van der Waals surface area contributed by atoms with Gasteiger partial charge in [-0.05, 0) is 49.6 Å². The molecule has 1 unspecified atom stereocenters. The maximum atomic E-state index is 14.0. The van der Waals surface area contributed by atoms with Gasteiger partial charge in [-0.3, -0.25) is 0 Å². The Balaban J connectivity index is 1.72. The fourth-order valence-electron chi connectivity index (χ4n) is 3.00. The molecule has 0 aliphatic rings. The number of ether oxygens (including phenoxy) is 1. The van der Waals surface area contributed by atoms with Gasteiger partial charge in [0.2, 0.25) is 0 Å². The van der Waals surface area contributed by atoms with Crippen LogP contribution in [0.3, 0.4) is 0 Å². The zero-order valence-electron chi connectivity index (χ0n) is 17.0. The number of hydrogen-bond donors (Lipinski definition) is 0. The predicted molar refractivity (Wildman–Crippen MR) is 116 cm³/mol. The molecule has 0 amide bonds. The fraction of sp³-hybridized carbons (Fsp3) is 0.364. The minimum atomic E-state index is -0.311. The number of aromatic nitrogens is 3. The first-order valence-electron chi connectivity index (χ1n) is 9.66. The Kier molecular flexibility index (Phi) is 7.19. The maximum Gasteiger partial charge on any atom is 0.191 e. The van der Waals surface area contributed by atoms with E-state index in [4.69, 9.17) is 16.3 Å². The summed E-state index contributed by atoms with van der Waals surface area (Å²) in [7, 11) is 0. The van der Waals surface area contributed by atoms with E-state index in [1.807, 2.05) is 30.5 Å². The molecule has 0 saturated heterocycles. The summed E-state index contributed by atoms with van der Waals surface area (Å²) >= 11 is 7.54. The van der Waals surface area contributed by atoms with E-state index in [0.29, 0.717) is 34.0 Å². The third kappa shape index (κ3) is 5.11. The summed E-state index contributed by atoms with van der Waals surface area (Å²) in [6.07, 6.45) is -0.265. The summed E-state index contributed by atoms with van der Waals surface area (Å²) in [6.45, 7) is 8.99. The number of benzene rings is 2. The molecule has 0 bridgehead atoms. The third-order valence-corrected chi connectivity index (χ3v) is 6.04. The summed E-state index contributed by atoms with van der Waals surface area (Å²) in [5.74, 6) is 2.08. The first-order chi connectivity index (χ1) is 13.9. The second-order valence-corrected chi connectivity index (χ2v) is 8.41. The Bertz CT molecular complexity index is 939. The molecule has 1 heterocycles. The predicted octanol–water partition coefficient (Wildman–Crippen LogP) is 6.65. The van der Waals surface area contributed by atoms with Crippen molar-refractivity contribution in [1.82, 2.24) is 14.8 Å². The topological polar surface area (TPSA) is 39.9 Å². The Morgan fingerprint density at radius 1 is 1.10 bits per heavy atom. The van der Waals surface area contributed by atoms with E-state index >= 15 is 0 Å². The molecule has 0 aliphatic heterocycles. The van der Waals surface area contributed by atoms with E-state index in [2.05, 4.69) is 36.2 Å². The Labute approximate surface area is 180 Å². The van der Waals surface area contributed by atoms with E-state index in [1.54, 1.807) is 12.1 Å². The van der Waals surface area contributed by atoms with Crippen LogP contribution in [0, 0.1) is 5.82 Å². The van der Waals surface area contributed by atoms with Gasteiger partial charge in [-0.15, -0.1) is 10.2 Å². The van der Waals surface area contributed by atoms with Crippen molar-refractivity contribution in [2.45, 2.75) is 57.2 Å². The van der Waals surface area contributed by atoms with Crippen molar-refractivity contribution >= 4 is 23.4 Å². The highest BCUT2D eigenvalue weighted by molar-refractivity contribution is 7.98. The van der Waals surface area contributed by atoms with Crippen molar-refractivity contribution in [3.8, 4) is 5.75 Å². The van der Waals surface area contributed by atoms with E-state index in [0.717, 1.165) is 11.6 Å². The quantitative estimate of drug-likeness (QED) is 0.373. The van der Waals surface area contributed by atoms with Gasteiger partial charge >= 0.3 is 0 Å². The second kappa shape index (κ2) is 9.63. The molecule has 0 fully saturated rings. The number of halogens is 2. The van der Waals surface area contributed by atoms with Crippen LogP contribution in [0.1, 0.15) is 56.7 Å². The van der Waals surface area contributed by atoms with Gasteiger partial charge in [-0.1, -0.05) is 55.4 Å². The SMILES string of the molecule is CCn1c(SCc2c(F)cccc2Cl)nnc1C(C)Oc1ccc(C(C)C)cc1. The zero-order valence-corrected chi connectivity index (χ0v) is 18.6. The van der Waals surface area contributed by atoms with Crippen LogP contribution in [0.4, 0.5) is 4.39 Å². The molecule has 0 saturated carbocycles. The van der Waals surface area contributed by atoms with Gasteiger partial charge in [0.15, 0.2) is 17.1 Å². The van der Waals surface area contributed by atoms with Gasteiger partial charge in [-0.25, -0.2) is 4.39 Å². The van der Waals surface area contributed by atoms with Crippen LogP contribution in [0.25, 0.3) is 0 Å². The highest BCUT2D eigenvalue weighted by atomic mass is 35.5. The van der Waals surface area contributed by atoms with Gasteiger partial charge in [0, 0.05) is 22.9 Å². The summed E-state index contributed by atoms with van der Waals surface area (Å²) in [6, 6.07) is 12.8. The molecule has 154 valence electrons. The molecule has 4 nitrogen and oxygen atoms in total. The molecule has 1 aromatic heterocycles. The standard InChI is InChI=1S/C22H25ClFN3OS/c1-5-27-21(15(4)28-17-11-9-16(10-12-17)14(2)3)25-26-22(27)29-13-18-19(23)7-6-8-20(18)24/h6-12,14-15H,5,13H2,1-4H3. The molecule has 29 heavy (non-hydrogen) atoms. The summed E-state index contributed by atoms with van der Waals surface area (Å²) < 4.78 is 22.1. The molecule has 7 heteroatoms. The van der Waals surface area contributed by atoms with Gasteiger partial charge < -0.3 is 9.30 Å². The van der Waals surface area contributed by atoms with Crippen molar-refractivity contribution in [2.24, 2.45) is 0 Å². The molecule has 3 aromatic rings. The monoisotopic (exact) mass is 433 g/mol. The molecular weight excluding hydrogens is 409 g/mol. The normalized spacial score (nSPS) is 12.4. The van der Waals surface area contributed by atoms with Gasteiger partial charge in [0.25, 0.3) is 0 Å². The maximum absolute atomic E-state index is 14.0. The van der Waals surface area contributed by atoms with E-state index < -0.39 is 0 Å². The van der Waals surface area contributed by atoms with Crippen LogP contribution in [-0.2, 0) is 12.3 Å². The lowest BCUT2D eigenvalue weighted by molar-refractivity contribution is 0.210. The Hall–Kier alpha value is -2.05. The Morgan fingerprint density at radius 2 is 1.83 bits per heavy atom. The highest BCUT2D eigenvalue weighted by Gasteiger charge is 2.19. The molecule has 0 radical (unpaired) electrons. The van der Waals surface area contributed by atoms with E-state index in [9.17, 15) is 4.39 Å². The van der Waals surface area contributed by atoms with E-state index in [1.165, 1.54) is 23.4 Å². The zero-order chi connectivity index (χ0) is 21.0. The highest BCUT2D eigenvalue weighted by Crippen LogP contribution is 2.30. The number of rotatable bonds is 8. The Morgan fingerprint density at radius 3 is 2.45 bits per heavy atom. The van der Waals surface area contributed by atoms with Crippen molar-refractivity contribution in [2.75, 3.05) is 0 Å². The first kappa shape index (κ1) is 21.7. The van der Waals surface area contributed by atoms with Crippen LogP contribution in [0.5, 0.6) is 5.75 Å². The van der Waals surface area contributed by atoms with Gasteiger partial charge in [-0.2, -0.15) is 0 Å². The average molecular weight is 434 g/mol. The van der Waals surface area contributed by atoms with Gasteiger partial charge in [0.05, 0.1) is 0 Å². The lowest BCUT2D eigenvalue weighted by atomic mass is 10.0. The van der Waals surface area contributed by atoms with Crippen LogP contribution < -0.4 is 4.74 Å². The van der Waals surface area contributed by atoms with Crippen LogP contribution in [0.2, 0.25) is 5.02 Å². The molecule has 2 aromatic carbocycles. The van der Waals surface area contributed by atoms with Crippen molar-refractivity contribution < 1.29 is 9.13 Å². The number of thioether (sulfide) groups is 1. The van der Waals surface area contributed by atoms with Gasteiger partial charge in [0.1, 0.15) is 11.6 Å². The third-order valence-electron chi connectivity index (χ3n) is 4.69. The van der Waals surface area contributed by atoms with Crippen molar-refractivity contribution in [1.29, 1.82) is 0 Å². The van der Waals surface area contributed by atoms with Crippen molar-refractivity contribution in [3.05, 3.63) is 70.3 Å². The molecule has 0 aliphatic carbocycles. The minimum absolute atomic E-state index is 0.265. The van der Waals surface area contributed by atoms with Crippen LogP contribution in [0.15, 0.2) is 47.6 Å². The molecule has 0 spiro atoms. The molecule has 1 atom stereocenters. The number of hydrogen-bond acceptors (Lipinski definition) is 4. The largest absolute Gasteiger partial charge is 0.483 e. The molecule has 0 N–H and O–H groups in total. The smallest absolute Gasteiger partial charge is 0.191 e.